The highest BCUT2D eigenvalue weighted by Gasteiger charge is 2.06. The summed E-state index contributed by atoms with van der Waals surface area (Å²) in [6.45, 7) is 1.19. The van der Waals surface area contributed by atoms with Gasteiger partial charge < -0.3 is 15.5 Å². The second-order valence-corrected chi connectivity index (χ2v) is 3.13. The lowest BCUT2D eigenvalue weighted by molar-refractivity contribution is 0.105. The standard InChI is InChI=1S/C8H13N3O4/c1-4-6(9-2-5(13)3-12)10-8(15)11-7(4)14/h5,12-13H,2-3H2,1H3,(H3,9,10,11,14,15). The molecule has 0 amide bonds. The predicted octanol–water partition coefficient (Wildman–Crippen LogP) is -1.86. The fourth-order valence-corrected chi connectivity index (χ4v) is 1.01. The Labute approximate surface area is 84.8 Å². The van der Waals surface area contributed by atoms with Crippen molar-refractivity contribution in [3.63, 3.8) is 0 Å². The van der Waals surface area contributed by atoms with Gasteiger partial charge in [0, 0.05) is 6.54 Å². The summed E-state index contributed by atoms with van der Waals surface area (Å²) in [5, 5.41) is 20.3. The summed E-state index contributed by atoms with van der Waals surface area (Å²) in [5.41, 5.74) is -0.786. The Balaban J connectivity index is 2.86. The van der Waals surface area contributed by atoms with Gasteiger partial charge >= 0.3 is 5.69 Å². The van der Waals surface area contributed by atoms with Crippen molar-refractivity contribution in [2.24, 2.45) is 0 Å². The summed E-state index contributed by atoms with van der Waals surface area (Å²) >= 11 is 0. The Hall–Kier alpha value is -1.60. The average Bonchev–Trinajstić information content (AvgIpc) is 2.20. The molecule has 1 heterocycles. The van der Waals surface area contributed by atoms with Gasteiger partial charge in [-0.3, -0.25) is 14.8 Å². The minimum absolute atomic E-state index is 0.0523. The van der Waals surface area contributed by atoms with E-state index in [1.807, 2.05) is 0 Å². The van der Waals surface area contributed by atoms with Crippen molar-refractivity contribution in [1.29, 1.82) is 0 Å². The van der Waals surface area contributed by atoms with Crippen molar-refractivity contribution in [2.75, 3.05) is 18.5 Å². The lowest BCUT2D eigenvalue weighted by Gasteiger charge is -2.10. The van der Waals surface area contributed by atoms with Gasteiger partial charge in [0.05, 0.1) is 18.3 Å². The maximum Gasteiger partial charge on any atom is 0.327 e. The third-order valence-corrected chi connectivity index (χ3v) is 1.91. The van der Waals surface area contributed by atoms with Crippen LogP contribution in [0.5, 0.6) is 0 Å². The Bertz CT molecular complexity index is 436. The maximum atomic E-state index is 11.1. The molecule has 0 fully saturated rings. The van der Waals surface area contributed by atoms with Crippen LogP contribution in [-0.4, -0.2) is 39.4 Å². The molecule has 1 aromatic rings. The summed E-state index contributed by atoms with van der Waals surface area (Å²) in [7, 11) is 0. The van der Waals surface area contributed by atoms with E-state index < -0.39 is 17.4 Å². The van der Waals surface area contributed by atoms with Crippen LogP contribution in [0.2, 0.25) is 0 Å². The van der Waals surface area contributed by atoms with E-state index in [0.717, 1.165) is 0 Å². The molecule has 1 atom stereocenters. The molecule has 0 aromatic carbocycles. The molecule has 5 N–H and O–H groups in total. The molecule has 0 saturated heterocycles. The van der Waals surface area contributed by atoms with Crippen LogP contribution in [0.4, 0.5) is 5.82 Å². The van der Waals surface area contributed by atoms with Gasteiger partial charge in [-0.1, -0.05) is 0 Å². The van der Waals surface area contributed by atoms with E-state index in [-0.39, 0.29) is 19.0 Å². The van der Waals surface area contributed by atoms with Gasteiger partial charge in [0.1, 0.15) is 5.82 Å². The second kappa shape index (κ2) is 4.76. The Morgan fingerprint density at radius 3 is 2.67 bits per heavy atom. The summed E-state index contributed by atoms with van der Waals surface area (Å²) in [6.07, 6.45) is -0.938. The van der Waals surface area contributed by atoms with Crippen LogP contribution in [0.1, 0.15) is 5.56 Å². The quantitative estimate of drug-likeness (QED) is 0.403. The molecule has 7 heteroatoms. The van der Waals surface area contributed by atoms with Gasteiger partial charge in [0.2, 0.25) is 0 Å². The molecule has 15 heavy (non-hydrogen) atoms. The van der Waals surface area contributed by atoms with Crippen LogP contribution in [0.25, 0.3) is 0 Å². The first-order valence-corrected chi connectivity index (χ1v) is 4.40. The second-order valence-electron chi connectivity index (χ2n) is 3.13. The highest BCUT2D eigenvalue weighted by molar-refractivity contribution is 5.40. The first-order valence-electron chi connectivity index (χ1n) is 4.40. The fraction of sp³-hybridized carbons (Fsp3) is 0.500. The first-order chi connectivity index (χ1) is 7.04. The summed E-state index contributed by atoms with van der Waals surface area (Å²) < 4.78 is 0. The van der Waals surface area contributed by atoms with Gasteiger partial charge in [-0.2, -0.15) is 0 Å². The number of nitrogens with one attached hydrogen (secondary N) is 3. The lowest BCUT2D eigenvalue weighted by atomic mass is 10.3. The third kappa shape index (κ3) is 2.93. The summed E-state index contributed by atoms with van der Waals surface area (Å²) in [5.74, 6) is 0.247. The number of aliphatic hydroxyl groups is 2. The van der Waals surface area contributed by atoms with Gasteiger partial charge in [0.25, 0.3) is 5.56 Å². The zero-order chi connectivity index (χ0) is 11.4. The molecule has 0 aliphatic heterocycles. The number of hydrogen-bond acceptors (Lipinski definition) is 5. The largest absolute Gasteiger partial charge is 0.394 e. The van der Waals surface area contributed by atoms with Gasteiger partial charge in [-0.05, 0) is 6.92 Å². The molecule has 0 saturated carbocycles. The smallest absolute Gasteiger partial charge is 0.327 e. The normalized spacial score (nSPS) is 12.5. The van der Waals surface area contributed by atoms with Crippen molar-refractivity contribution in [2.45, 2.75) is 13.0 Å². The minimum Gasteiger partial charge on any atom is -0.394 e. The zero-order valence-corrected chi connectivity index (χ0v) is 8.20. The lowest BCUT2D eigenvalue weighted by Crippen LogP contribution is -2.29. The number of H-pyrrole nitrogens is 2. The van der Waals surface area contributed by atoms with Crippen LogP contribution in [0.15, 0.2) is 9.59 Å². The molecule has 1 rings (SSSR count). The Morgan fingerprint density at radius 2 is 2.07 bits per heavy atom. The first kappa shape index (κ1) is 11.5. The van der Waals surface area contributed by atoms with Crippen molar-refractivity contribution in [3.05, 3.63) is 26.4 Å². The molecule has 0 bridgehead atoms. The number of anilines is 1. The van der Waals surface area contributed by atoms with E-state index in [4.69, 9.17) is 10.2 Å². The third-order valence-electron chi connectivity index (χ3n) is 1.91. The monoisotopic (exact) mass is 215 g/mol. The van der Waals surface area contributed by atoms with Crippen molar-refractivity contribution in [1.82, 2.24) is 9.97 Å². The number of aliphatic hydroxyl groups excluding tert-OH is 2. The number of aromatic nitrogens is 2. The highest BCUT2D eigenvalue weighted by Crippen LogP contribution is 2.01. The average molecular weight is 215 g/mol. The topological polar surface area (TPSA) is 118 Å². The Morgan fingerprint density at radius 1 is 1.40 bits per heavy atom. The van der Waals surface area contributed by atoms with Gasteiger partial charge in [-0.15, -0.1) is 0 Å². The van der Waals surface area contributed by atoms with Crippen LogP contribution >= 0.6 is 0 Å². The SMILES string of the molecule is Cc1c(NCC(O)CO)[nH]c(=O)[nH]c1=O. The van der Waals surface area contributed by atoms with Crippen molar-refractivity contribution < 1.29 is 10.2 Å². The molecule has 0 aliphatic carbocycles. The molecule has 7 nitrogen and oxygen atoms in total. The van der Waals surface area contributed by atoms with Crippen LogP contribution in [0.3, 0.4) is 0 Å². The predicted molar refractivity (Wildman–Crippen MR) is 54.0 cm³/mol. The van der Waals surface area contributed by atoms with Crippen molar-refractivity contribution in [3.8, 4) is 0 Å². The number of rotatable bonds is 4. The van der Waals surface area contributed by atoms with E-state index in [1.165, 1.54) is 6.92 Å². The molecule has 84 valence electrons. The minimum atomic E-state index is -0.938. The number of hydrogen-bond donors (Lipinski definition) is 5. The van der Waals surface area contributed by atoms with Gasteiger partial charge in [0.15, 0.2) is 0 Å². The Kier molecular flexibility index (Phi) is 3.64. The van der Waals surface area contributed by atoms with Crippen LogP contribution in [-0.2, 0) is 0 Å². The molecule has 0 aliphatic rings. The van der Waals surface area contributed by atoms with E-state index in [2.05, 4.69) is 15.3 Å². The van der Waals surface area contributed by atoms with Gasteiger partial charge in [-0.25, -0.2) is 4.79 Å². The maximum absolute atomic E-state index is 11.1. The van der Waals surface area contributed by atoms with Crippen LogP contribution < -0.4 is 16.6 Å². The van der Waals surface area contributed by atoms with Crippen molar-refractivity contribution >= 4 is 5.82 Å². The van der Waals surface area contributed by atoms with Crippen LogP contribution in [0, 0.1) is 6.92 Å². The molecule has 0 spiro atoms. The van der Waals surface area contributed by atoms with E-state index in [0.29, 0.717) is 5.56 Å². The number of aromatic amines is 2. The zero-order valence-electron chi connectivity index (χ0n) is 8.20. The fourth-order valence-electron chi connectivity index (χ4n) is 1.01. The molecular formula is C8H13N3O4. The van der Waals surface area contributed by atoms with E-state index in [1.54, 1.807) is 0 Å². The van der Waals surface area contributed by atoms with E-state index in [9.17, 15) is 9.59 Å². The highest BCUT2D eigenvalue weighted by atomic mass is 16.3. The molecular weight excluding hydrogens is 202 g/mol. The summed E-state index contributed by atoms with van der Waals surface area (Å²) in [4.78, 5) is 26.5. The van der Waals surface area contributed by atoms with E-state index >= 15 is 0 Å². The molecule has 1 unspecified atom stereocenters. The molecule has 1 aromatic heterocycles. The molecule has 0 radical (unpaired) electrons. The summed E-state index contributed by atoms with van der Waals surface area (Å²) in [6, 6.07) is 0.